The number of carbonyl (C=O) groups is 1. The Bertz CT molecular complexity index is 740. The van der Waals surface area contributed by atoms with Crippen molar-refractivity contribution >= 4 is 46.1 Å². The number of amides is 1. The lowest BCUT2D eigenvalue weighted by Gasteiger charge is -2.34. The van der Waals surface area contributed by atoms with Crippen molar-refractivity contribution in [3.8, 4) is 0 Å². The van der Waals surface area contributed by atoms with E-state index in [1.165, 1.54) is 23.3 Å². The molecule has 0 radical (unpaired) electrons. The van der Waals surface area contributed by atoms with E-state index in [2.05, 4.69) is 31.6 Å². The van der Waals surface area contributed by atoms with Gasteiger partial charge in [-0.2, -0.15) is 11.3 Å². The van der Waals surface area contributed by atoms with Crippen molar-refractivity contribution in [2.24, 2.45) is 5.41 Å². The van der Waals surface area contributed by atoms with E-state index in [0.29, 0.717) is 16.6 Å². The highest BCUT2D eigenvalue weighted by Crippen LogP contribution is 2.57. The molecule has 1 saturated carbocycles. The number of nitrogens with two attached hydrogens (primary N) is 1. The molecule has 1 saturated heterocycles. The van der Waals surface area contributed by atoms with E-state index in [0.717, 1.165) is 32.6 Å². The Morgan fingerprint density at radius 1 is 1.46 bits per heavy atom. The largest absolute Gasteiger partial charge is 0.375 e. The fraction of sp³-hybridized carbons (Fsp3) is 0.556. The van der Waals surface area contributed by atoms with Crippen molar-refractivity contribution in [3.63, 3.8) is 0 Å². The zero-order valence-corrected chi connectivity index (χ0v) is 17.3. The summed E-state index contributed by atoms with van der Waals surface area (Å²) in [5.41, 5.74) is 7.33. The van der Waals surface area contributed by atoms with Crippen molar-refractivity contribution in [1.29, 1.82) is 0 Å². The first-order valence-corrected chi connectivity index (χ1v) is 10.5. The van der Waals surface area contributed by atoms with Crippen LogP contribution in [-0.2, 0) is 17.9 Å². The molecule has 142 valence electrons. The third kappa shape index (κ3) is 4.06. The first-order chi connectivity index (χ1) is 12.1. The van der Waals surface area contributed by atoms with Gasteiger partial charge >= 0.3 is 0 Å². The topological polar surface area (TPSA) is 62.5 Å². The van der Waals surface area contributed by atoms with Gasteiger partial charge < -0.3 is 10.6 Å². The number of thiazole rings is 1. The Balaban J connectivity index is 0.00000196. The highest BCUT2D eigenvalue weighted by Gasteiger charge is 2.58. The maximum atomic E-state index is 12.2. The summed E-state index contributed by atoms with van der Waals surface area (Å²) in [5, 5.41) is 4.88. The van der Waals surface area contributed by atoms with E-state index in [4.69, 9.17) is 5.73 Å². The van der Waals surface area contributed by atoms with Gasteiger partial charge in [0.2, 0.25) is 5.91 Å². The minimum Gasteiger partial charge on any atom is -0.375 e. The number of nitrogen functional groups attached to an aromatic ring is 1. The molecule has 2 aromatic rings. The van der Waals surface area contributed by atoms with Crippen molar-refractivity contribution in [3.05, 3.63) is 33.5 Å². The maximum Gasteiger partial charge on any atom is 0.220 e. The second-order valence-corrected chi connectivity index (χ2v) is 9.23. The van der Waals surface area contributed by atoms with E-state index in [1.54, 1.807) is 29.6 Å². The summed E-state index contributed by atoms with van der Waals surface area (Å²) in [6, 6.07) is 2.55. The second kappa shape index (κ2) is 7.84. The number of carbonyl (C=O) groups excluding carboxylic acids is 1. The number of thiophene rings is 1. The van der Waals surface area contributed by atoms with Gasteiger partial charge in [0, 0.05) is 37.1 Å². The van der Waals surface area contributed by atoms with Crippen LogP contribution in [0, 0.1) is 5.41 Å². The van der Waals surface area contributed by atoms with Gasteiger partial charge in [-0.05, 0) is 60.2 Å². The molecule has 1 unspecified atom stereocenters. The van der Waals surface area contributed by atoms with Crippen LogP contribution >= 0.6 is 35.1 Å². The maximum absolute atomic E-state index is 12.2. The van der Waals surface area contributed by atoms with Crippen LogP contribution in [-0.4, -0.2) is 39.8 Å². The zero-order chi connectivity index (χ0) is 17.4. The number of rotatable bonds is 5. The fourth-order valence-electron chi connectivity index (χ4n) is 4.10. The van der Waals surface area contributed by atoms with Crippen LogP contribution in [0.3, 0.4) is 0 Å². The zero-order valence-electron chi connectivity index (χ0n) is 14.9. The molecule has 2 aromatic heterocycles. The van der Waals surface area contributed by atoms with Crippen LogP contribution in [0.25, 0.3) is 0 Å². The van der Waals surface area contributed by atoms with Crippen molar-refractivity contribution in [1.82, 2.24) is 14.8 Å². The van der Waals surface area contributed by atoms with Crippen LogP contribution in [0.1, 0.15) is 36.6 Å². The molecule has 0 aromatic carbocycles. The number of nitrogens with zero attached hydrogens (tertiary/aromatic N) is 3. The quantitative estimate of drug-likeness (QED) is 0.814. The Hall–Kier alpha value is -1.15. The molecule has 1 aliphatic heterocycles. The number of aromatic nitrogens is 1. The van der Waals surface area contributed by atoms with E-state index < -0.39 is 0 Å². The van der Waals surface area contributed by atoms with Crippen molar-refractivity contribution in [2.45, 2.75) is 45.3 Å². The average Bonchev–Trinajstić information content (AvgIpc) is 2.94. The van der Waals surface area contributed by atoms with Crippen LogP contribution in [0.15, 0.2) is 23.0 Å². The number of hydrogen-bond acceptors (Lipinski definition) is 6. The normalized spacial score (nSPS) is 21.3. The Kier molecular flexibility index (Phi) is 5.91. The third-order valence-electron chi connectivity index (χ3n) is 5.66. The highest BCUT2D eigenvalue weighted by molar-refractivity contribution is 7.15. The highest BCUT2D eigenvalue weighted by atomic mass is 35.5. The molecule has 2 N–H and O–H groups in total. The number of hydrogen-bond donors (Lipinski definition) is 1. The SMILES string of the molecule is CC(=O)N(Cc1ccsc1)C1CC12CCN(Cc1cnc(N)s1)CC2.Cl. The van der Waals surface area contributed by atoms with Gasteiger partial charge in [0.15, 0.2) is 5.13 Å². The van der Waals surface area contributed by atoms with Gasteiger partial charge in [0.05, 0.1) is 0 Å². The van der Waals surface area contributed by atoms with E-state index in [9.17, 15) is 4.79 Å². The Labute approximate surface area is 168 Å². The molecule has 4 rings (SSSR count). The van der Waals surface area contributed by atoms with E-state index in [-0.39, 0.29) is 18.3 Å². The number of anilines is 1. The first kappa shape index (κ1) is 19.6. The van der Waals surface area contributed by atoms with Gasteiger partial charge in [-0.1, -0.05) is 0 Å². The summed E-state index contributed by atoms with van der Waals surface area (Å²) in [5.74, 6) is 0.204. The summed E-state index contributed by atoms with van der Waals surface area (Å²) < 4.78 is 0. The molecule has 1 atom stereocenters. The molecular formula is C18H25ClN4OS2. The molecule has 1 spiro atoms. The molecular weight excluding hydrogens is 388 g/mol. The predicted molar refractivity (Wildman–Crippen MR) is 110 cm³/mol. The summed E-state index contributed by atoms with van der Waals surface area (Å²) in [7, 11) is 0. The predicted octanol–water partition coefficient (Wildman–Crippen LogP) is 3.61. The molecule has 2 aliphatic rings. The lowest BCUT2D eigenvalue weighted by molar-refractivity contribution is -0.130. The van der Waals surface area contributed by atoms with Gasteiger partial charge in [0.25, 0.3) is 0 Å². The summed E-state index contributed by atoms with van der Waals surface area (Å²) in [6.45, 7) is 5.61. The molecule has 0 bridgehead atoms. The molecule has 3 heterocycles. The average molecular weight is 413 g/mol. The van der Waals surface area contributed by atoms with Crippen LogP contribution in [0.2, 0.25) is 0 Å². The molecule has 1 amide bonds. The van der Waals surface area contributed by atoms with Crippen LogP contribution < -0.4 is 5.73 Å². The van der Waals surface area contributed by atoms with Crippen LogP contribution in [0.4, 0.5) is 5.13 Å². The van der Waals surface area contributed by atoms with Crippen molar-refractivity contribution < 1.29 is 4.79 Å². The third-order valence-corrected chi connectivity index (χ3v) is 7.21. The second-order valence-electron chi connectivity index (χ2n) is 7.30. The van der Waals surface area contributed by atoms with Crippen LogP contribution in [0.5, 0.6) is 0 Å². The minimum absolute atomic E-state index is 0. The number of halogens is 1. The van der Waals surface area contributed by atoms with Gasteiger partial charge in [-0.3, -0.25) is 9.69 Å². The molecule has 26 heavy (non-hydrogen) atoms. The lowest BCUT2D eigenvalue weighted by atomic mass is 9.92. The van der Waals surface area contributed by atoms with Gasteiger partial charge in [-0.15, -0.1) is 23.7 Å². The monoisotopic (exact) mass is 412 g/mol. The number of piperidine rings is 1. The Morgan fingerprint density at radius 2 is 2.23 bits per heavy atom. The smallest absolute Gasteiger partial charge is 0.220 e. The fourth-order valence-corrected chi connectivity index (χ4v) is 5.48. The van der Waals surface area contributed by atoms with E-state index >= 15 is 0 Å². The molecule has 2 fully saturated rings. The lowest BCUT2D eigenvalue weighted by Crippen LogP contribution is -2.39. The standard InChI is InChI=1S/C18H24N4OS2.ClH/c1-13(23)22(10-14-2-7-24-12-14)16-8-18(16)3-5-21(6-4-18)11-15-9-20-17(19)25-15;/h2,7,9,12,16H,3-6,8,10-11H2,1H3,(H2,19,20);1H. The molecule has 8 heteroatoms. The summed E-state index contributed by atoms with van der Waals surface area (Å²) in [4.78, 5) is 22.2. The minimum atomic E-state index is 0. The van der Waals surface area contributed by atoms with Crippen molar-refractivity contribution in [2.75, 3.05) is 18.8 Å². The summed E-state index contributed by atoms with van der Waals surface area (Å²) in [6.07, 6.45) is 5.42. The van der Waals surface area contributed by atoms with E-state index in [1.807, 2.05) is 6.20 Å². The molecule has 5 nitrogen and oxygen atoms in total. The molecule has 1 aliphatic carbocycles. The van der Waals surface area contributed by atoms with Gasteiger partial charge in [0.1, 0.15) is 0 Å². The Morgan fingerprint density at radius 3 is 2.81 bits per heavy atom. The number of likely N-dealkylation sites (tertiary alicyclic amines) is 1. The first-order valence-electron chi connectivity index (χ1n) is 8.77. The summed E-state index contributed by atoms with van der Waals surface area (Å²) >= 11 is 3.28. The van der Waals surface area contributed by atoms with Gasteiger partial charge in [-0.25, -0.2) is 4.98 Å².